The van der Waals surface area contributed by atoms with Crippen LogP contribution in [0.5, 0.6) is 0 Å². The second kappa shape index (κ2) is 23.9. The van der Waals surface area contributed by atoms with Gasteiger partial charge < -0.3 is 19.4 Å². The second-order valence-corrected chi connectivity index (χ2v) is 19.2. The Balaban J connectivity index is 0.000000168. The maximum absolute atomic E-state index is 12.3. The normalized spacial score (nSPS) is 13.4. The SMILES string of the molecule is CC(=O)c1ccc(I)cc1.CC(=O)c1ccc(N(C)C)cc1.CN(C)c1ccc(-c2cc(-c3ccc(I)cc3)[nH]n2)cc1.CN(C)c1ccc(C2OC2C(=O)c2ccc(I)cc2)cc1. The van der Waals surface area contributed by atoms with Gasteiger partial charge in [-0.05, 0) is 184 Å². The van der Waals surface area contributed by atoms with E-state index in [0.717, 1.165) is 57.7 Å². The van der Waals surface area contributed by atoms with Gasteiger partial charge in [-0.1, -0.05) is 60.7 Å². The smallest absolute Gasteiger partial charge is 0.194 e. The Labute approximate surface area is 418 Å². The number of aromatic amines is 1. The molecule has 0 aliphatic carbocycles. The van der Waals surface area contributed by atoms with E-state index in [4.69, 9.17) is 4.74 Å². The van der Waals surface area contributed by atoms with Crippen molar-refractivity contribution in [1.82, 2.24) is 10.2 Å². The van der Waals surface area contributed by atoms with Crippen molar-refractivity contribution in [3.05, 3.63) is 185 Å². The molecule has 1 aliphatic rings. The standard InChI is InChI=1S/C17H16IN3.C17H16INO2.C10H13NO.C8H7IO/c1-21(2)15-9-5-13(6-10-15)17-11-16(19-20-17)12-3-7-14(18)8-4-12;1-19(2)14-9-5-12(6-10-14)16-17(21-16)15(20)11-3-7-13(18)8-4-11;1-8(12)9-4-6-10(7-5-9)11(2)3;1-6(10)7-2-4-8(9)5-3-7/h3-11H,1-2H3,(H,19,20);3-10,16-17H,1-2H3;4-7H,1-3H3;2-5H,1H3. The van der Waals surface area contributed by atoms with E-state index in [0.29, 0.717) is 5.56 Å². The highest BCUT2D eigenvalue weighted by Crippen LogP contribution is 2.41. The second-order valence-electron chi connectivity index (χ2n) is 15.5. The largest absolute Gasteiger partial charge is 0.378 e. The molecule has 1 saturated heterocycles. The van der Waals surface area contributed by atoms with E-state index in [1.807, 2.05) is 149 Å². The summed E-state index contributed by atoms with van der Waals surface area (Å²) in [5.41, 5.74) is 11.0. The third-order valence-electron chi connectivity index (χ3n) is 10.1. The van der Waals surface area contributed by atoms with Gasteiger partial charge in [-0.25, -0.2) is 0 Å². The molecular weight excluding hydrogens is 1140 g/mol. The predicted octanol–water partition coefficient (Wildman–Crippen LogP) is 12.5. The number of carbonyl (C=O) groups is 3. The molecule has 330 valence electrons. The van der Waals surface area contributed by atoms with Crippen molar-refractivity contribution in [2.45, 2.75) is 26.1 Å². The zero-order valence-corrected chi connectivity index (χ0v) is 43.6. The summed E-state index contributed by atoms with van der Waals surface area (Å²) in [4.78, 5) is 40.1. The molecule has 0 amide bonds. The molecule has 7 aromatic rings. The van der Waals surface area contributed by atoms with E-state index in [-0.39, 0.29) is 29.6 Å². The number of nitrogens with one attached hydrogen (secondary N) is 1. The Morgan fingerprint density at radius 2 is 0.859 bits per heavy atom. The highest BCUT2D eigenvalue weighted by atomic mass is 127. The summed E-state index contributed by atoms with van der Waals surface area (Å²) in [7, 11) is 12.0. The molecule has 8 rings (SSSR count). The van der Waals surface area contributed by atoms with Gasteiger partial charge in [0.25, 0.3) is 0 Å². The summed E-state index contributed by atoms with van der Waals surface area (Å²) in [6, 6.07) is 49.8. The predicted molar refractivity (Wildman–Crippen MR) is 288 cm³/mol. The van der Waals surface area contributed by atoms with Gasteiger partial charge in [-0.3, -0.25) is 19.5 Å². The van der Waals surface area contributed by atoms with Crippen molar-refractivity contribution in [2.24, 2.45) is 0 Å². The molecule has 0 bridgehead atoms. The number of aromatic nitrogens is 2. The minimum Gasteiger partial charge on any atom is -0.378 e. The van der Waals surface area contributed by atoms with Gasteiger partial charge in [-0.2, -0.15) is 5.10 Å². The maximum atomic E-state index is 12.3. The zero-order valence-electron chi connectivity index (χ0n) is 37.1. The fourth-order valence-electron chi connectivity index (χ4n) is 6.16. The number of H-pyrrole nitrogens is 1. The molecule has 64 heavy (non-hydrogen) atoms. The van der Waals surface area contributed by atoms with E-state index in [1.165, 1.54) is 9.26 Å². The van der Waals surface area contributed by atoms with E-state index in [1.54, 1.807) is 13.8 Å². The van der Waals surface area contributed by atoms with Crippen LogP contribution in [0.25, 0.3) is 22.5 Å². The average molecular weight is 1190 g/mol. The van der Waals surface area contributed by atoms with E-state index in [9.17, 15) is 14.4 Å². The molecule has 1 aromatic heterocycles. The van der Waals surface area contributed by atoms with Crippen LogP contribution in [0.1, 0.15) is 56.6 Å². The molecule has 0 spiro atoms. The number of ether oxygens (including phenoxy) is 1. The molecule has 2 atom stereocenters. The summed E-state index contributed by atoms with van der Waals surface area (Å²) in [6.07, 6.45) is -0.441. The van der Waals surface area contributed by atoms with Crippen molar-refractivity contribution in [1.29, 1.82) is 0 Å². The fraction of sp³-hybridized carbons (Fsp3) is 0.192. The number of halogens is 3. The molecule has 12 heteroatoms. The van der Waals surface area contributed by atoms with E-state index >= 15 is 0 Å². The molecule has 0 saturated carbocycles. The highest BCUT2D eigenvalue weighted by Gasteiger charge is 2.46. The van der Waals surface area contributed by atoms with Crippen LogP contribution in [0.4, 0.5) is 17.1 Å². The Morgan fingerprint density at radius 3 is 1.28 bits per heavy atom. The average Bonchev–Trinajstić information content (AvgIpc) is 3.94. The first-order valence-corrected chi connectivity index (χ1v) is 23.6. The monoisotopic (exact) mass is 1190 g/mol. The molecule has 2 heterocycles. The molecule has 0 radical (unpaired) electrons. The van der Waals surface area contributed by atoms with Crippen molar-refractivity contribution < 1.29 is 19.1 Å². The van der Waals surface area contributed by atoms with Gasteiger partial charge in [0.05, 0.1) is 11.4 Å². The summed E-state index contributed by atoms with van der Waals surface area (Å²) >= 11 is 6.75. The number of nitrogens with zero attached hydrogens (tertiary/aromatic N) is 4. The molecule has 1 fully saturated rings. The highest BCUT2D eigenvalue weighted by molar-refractivity contribution is 14.1. The molecule has 9 nitrogen and oxygen atoms in total. The number of hydrogen-bond donors (Lipinski definition) is 1. The van der Waals surface area contributed by atoms with Gasteiger partial charge in [0.15, 0.2) is 23.5 Å². The molecular formula is C52H52I3N5O4. The lowest BCUT2D eigenvalue weighted by atomic mass is 10.0. The molecule has 1 aliphatic heterocycles. The van der Waals surface area contributed by atoms with Gasteiger partial charge >= 0.3 is 0 Å². The number of ketones is 3. The number of anilines is 3. The zero-order chi connectivity index (χ0) is 46.5. The maximum Gasteiger partial charge on any atom is 0.194 e. The number of rotatable bonds is 10. The van der Waals surface area contributed by atoms with Gasteiger partial charge in [0, 0.05) is 92.3 Å². The first-order valence-electron chi connectivity index (χ1n) is 20.4. The van der Waals surface area contributed by atoms with E-state index in [2.05, 4.69) is 137 Å². The number of hydrogen-bond acceptors (Lipinski definition) is 8. The number of benzene rings is 6. The van der Waals surface area contributed by atoms with Crippen LogP contribution < -0.4 is 14.7 Å². The van der Waals surface area contributed by atoms with E-state index < -0.39 is 0 Å². The summed E-state index contributed by atoms with van der Waals surface area (Å²) in [5, 5.41) is 7.53. The van der Waals surface area contributed by atoms with Crippen molar-refractivity contribution >= 4 is 102 Å². The van der Waals surface area contributed by atoms with Crippen LogP contribution in [0.2, 0.25) is 0 Å². The lowest BCUT2D eigenvalue weighted by Crippen LogP contribution is -2.09. The van der Waals surface area contributed by atoms with Crippen LogP contribution in [0, 0.1) is 10.7 Å². The summed E-state index contributed by atoms with van der Waals surface area (Å²) < 4.78 is 9.09. The molecule has 6 aromatic carbocycles. The van der Waals surface area contributed by atoms with Crippen molar-refractivity contribution in [2.75, 3.05) is 57.0 Å². The van der Waals surface area contributed by atoms with Gasteiger partial charge in [-0.15, -0.1) is 0 Å². The first kappa shape index (κ1) is 50.1. The van der Waals surface area contributed by atoms with Crippen molar-refractivity contribution in [3.8, 4) is 22.5 Å². The number of Topliss-reactive ketones (excluding diaryl/α,β-unsaturated/α-hetero) is 3. The van der Waals surface area contributed by atoms with Crippen molar-refractivity contribution in [3.63, 3.8) is 0 Å². The quantitative estimate of drug-likeness (QED) is 0.0821. The minimum absolute atomic E-state index is 0.0630. The number of carbonyl (C=O) groups excluding carboxylic acids is 3. The number of epoxide rings is 1. The fourth-order valence-corrected chi connectivity index (χ4v) is 7.24. The van der Waals surface area contributed by atoms with Gasteiger partial charge in [0.2, 0.25) is 0 Å². The Bertz CT molecular complexity index is 2590. The van der Waals surface area contributed by atoms with Crippen LogP contribution >= 0.6 is 67.8 Å². The summed E-state index contributed by atoms with van der Waals surface area (Å²) in [6.45, 7) is 3.15. The molecule has 1 N–H and O–H groups in total. The van der Waals surface area contributed by atoms with Crippen LogP contribution in [-0.4, -0.2) is 75.9 Å². The first-order chi connectivity index (χ1) is 30.5. The Morgan fingerprint density at radius 1 is 0.500 bits per heavy atom. The van der Waals surface area contributed by atoms with Gasteiger partial charge in [0.1, 0.15) is 6.10 Å². The third-order valence-corrected chi connectivity index (χ3v) is 12.2. The lowest BCUT2D eigenvalue weighted by molar-refractivity contribution is 0.0952. The minimum atomic E-state index is -0.338. The molecule has 2 unspecified atom stereocenters. The van der Waals surface area contributed by atoms with Crippen LogP contribution in [0.3, 0.4) is 0 Å². The van der Waals surface area contributed by atoms with Crippen LogP contribution in [0.15, 0.2) is 152 Å². The summed E-state index contributed by atoms with van der Waals surface area (Å²) in [5.74, 6) is 0.296. The Kier molecular flexibility index (Phi) is 18.7. The topological polar surface area (TPSA) is 102 Å². The van der Waals surface area contributed by atoms with Crippen LogP contribution in [-0.2, 0) is 4.74 Å². The third kappa shape index (κ3) is 14.8. The lowest BCUT2D eigenvalue weighted by Gasteiger charge is -2.12. The Hall–Kier alpha value is -4.91.